The first-order chi connectivity index (χ1) is 14.6. The van der Waals surface area contributed by atoms with Crippen LogP contribution >= 0.6 is 0 Å². The predicted octanol–water partition coefficient (Wildman–Crippen LogP) is 5.09. The fourth-order valence-corrected chi connectivity index (χ4v) is 2.64. The summed E-state index contributed by atoms with van der Waals surface area (Å²) in [4.78, 5) is 24.3. The van der Waals surface area contributed by atoms with Crippen LogP contribution in [0.5, 0.6) is 11.5 Å². The van der Waals surface area contributed by atoms with Crippen LogP contribution in [-0.2, 0) is 9.53 Å². The topological polar surface area (TPSA) is 73.9 Å². The van der Waals surface area contributed by atoms with E-state index in [0.29, 0.717) is 42.6 Å². The molecular weight excluding hydrogens is 382 g/mol. The summed E-state index contributed by atoms with van der Waals surface area (Å²) < 4.78 is 16.3. The Morgan fingerprint density at radius 1 is 0.967 bits per heavy atom. The largest absolute Gasteiger partial charge is 0.490 e. The molecule has 0 unspecified atom stereocenters. The molecule has 0 aliphatic rings. The maximum absolute atomic E-state index is 12.3. The van der Waals surface area contributed by atoms with Crippen molar-refractivity contribution in [3.8, 4) is 11.5 Å². The van der Waals surface area contributed by atoms with Gasteiger partial charge in [0.2, 0.25) is 5.91 Å². The standard InChI is InChI=1S/C24H29NO5/c1-4-7-15-30-24(27)19-9-8-10-20(17-19)25-23(26)14-12-18-11-13-21(28-5-2)22(16-18)29-6-3/h8-14,16-17H,4-7,15H2,1-3H3,(H,25,26)/b14-12+. The van der Waals surface area contributed by atoms with Gasteiger partial charge in [-0.05, 0) is 62.2 Å². The van der Waals surface area contributed by atoms with E-state index in [4.69, 9.17) is 14.2 Å². The van der Waals surface area contributed by atoms with Crippen LogP contribution in [0.2, 0.25) is 0 Å². The Kier molecular flexibility index (Phi) is 9.45. The molecule has 0 bridgehead atoms. The highest BCUT2D eigenvalue weighted by Crippen LogP contribution is 2.29. The molecule has 0 aliphatic heterocycles. The number of carbonyl (C=O) groups is 2. The second-order valence-corrected chi connectivity index (χ2v) is 6.47. The minimum absolute atomic E-state index is 0.307. The van der Waals surface area contributed by atoms with E-state index in [0.717, 1.165) is 18.4 Å². The number of rotatable bonds is 11. The van der Waals surface area contributed by atoms with Gasteiger partial charge in [0.15, 0.2) is 11.5 Å². The van der Waals surface area contributed by atoms with Gasteiger partial charge in [-0.2, -0.15) is 0 Å². The lowest BCUT2D eigenvalue weighted by Crippen LogP contribution is -2.10. The first kappa shape index (κ1) is 23.0. The average molecular weight is 411 g/mol. The lowest BCUT2D eigenvalue weighted by Gasteiger charge is -2.11. The summed E-state index contributed by atoms with van der Waals surface area (Å²) in [7, 11) is 0. The molecule has 0 saturated carbocycles. The molecule has 0 atom stereocenters. The zero-order chi connectivity index (χ0) is 21.8. The molecule has 0 aliphatic carbocycles. The zero-order valence-electron chi connectivity index (χ0n) is 17.8. The third-order valence-corrected chi connectivity index (χ3v) is 4.09. The number of esters is 1. The maximum Gasteiger partial charge on any atom is 0.338 e. The molecule has 2 rings (SSSR count). The third-order valence-electron chi connectivity index (χ3n) is 4.09. The van der Waals surface area contributed by atoms with Crippen molar-refractivity contribution in [1.82, 2.24) is 0 Å². The summed E-state index contributed by atoms with van der Waals surface area (Å²) in [5, 5.41) is 2.76. The van der Waals surface area contributed by atoms with Crippen molar-refractivity contribution in [2.75, 3.05) is 25.1 Å². The maximum atomic E-state index is 12.3. The molecule has 0 heterocycles. The second kappa shape index (κ2) is 12.3. The number of hydrogen-bond donors (Lipinski definition) is 1. The van der Waals surface area contributed by atoms with E-state index in [9.17, 15) is 9.59 Å². The molecule has 160 valence electrons. The minimum Gasteiger partial charge on any atom is -0.490 e. The summed E-state index contributed by atoms with van der Waals surface area (Å²) in [5.41, 5.74) is 1.74. The lowest BCUT2D eigenvalue weighted by molar-refractivity contribution is -0.111. The Hall–Kier alpha value is -3.28. The quantitative estimate of drug-likeness (QED) is 0.317. The summed E-state index contributed by atoms with van der Waals surface area (Å²) in [6.07, 6.45) is 4.90. The van der Waals surface area contributed by atoms with E-state index in [1.165, 1.54) is 6.08 Å². The zero-order valence-corrected chi connectivity index (χ0v) is 17.8. The highest BCUT2D eigenvalue weighted by Gasteiger charge is 2.09. The van der Waals surface area contributed by atoms with Gasteiger partial charge in [0.1, 0.15) is 0 Å². The molecule has 0 radical (unpaired) electrons. The number of benzene rings is 2. The number of ether oxygens (including phenoxy) is 3. The van der Waals surface area contributed by atoms with Crippen molar-refractivity contribution in [2.45, 2.75) is 33.6 Å². The minimum atomic E-state index is -0.395. The number of hydrogen-bond acceptors (Lipinski definition) is 5. The van der Waals surface area contributed by atoms with Gasteiger partial charge in [0, 0.05) is 11.8 Å². The summed E-state index contributed by atoms with van der Waals surface area (Å²) in [6, 6.07) is 12.2. The fourth-order valence-electron chi connectivity index (χ4n) is 2.64. The molecule has 1 amide bonds. The van der Waals surface area contributed by atoms with Crippen molar-refractivity contribution >= 4 is 23.6 Å². The number of amides is 1. The van der Waals surface area contributed by atoms with Crippen LogP contribution < -0.4 is 14.8 Å². The van der Waals surface area contributed by atoms with Crippen molar-refractivity contribution in [3.05, 3.63) is 59.7 Å². The average Bonchev–Trinajstić information content (AvgIpc) is 2.74. The first-order valence-corrected chi connectivity index (χ1v) is 10.2. The molecule has 2 aromatic rings. The van der Waals surface area contributed by atoms with E-state index < -0.39 is 5.97 Å². The number of carbonyl (C=O) groups excluding carboxylic acids is 2. The van der Waals surface area contributed by atoms with Crippen molar-refractivity contribution in [3.63, 3.8) is 0 Å². The number of nitrogens with one attached hydrogen (secondary N) is 1. The molecule has 0 saturated heterocycles. The number of anilines is 1. The van der Waals surface area contributed by atoms with Crippen LogP contribution in [0, 0.1) is 0 Å². The van der Waals surface area contributed by atoms with Crippen molar-refractivity contribution in [1.29, 1.82) is 0 Å². The van der Waals surface area contributed by atoms with Gasteiger partial charge < -0.3 is 19.5 Å². The first-order valence-electron chi connectivity index (χ1n) is 10.2. The molecule has 30 heavy (non-hydrogen) atoms. The van der Waals surface area contributed by atoms with Gasteiger partial charge >= 0.3 is 5.97 Å². The fraction of sp³-hybridized carbons (Fsp3) is 0.333. The van der Waals surface area contributed by atoms with Gasteiger partial charge in [-0.25, -0.2) is 4.79 Å². The van der Waals surface area contributed by atoms with Crippen molar-refractivity contribution in [2.24, 2.45) is 0 Å². The molecule has 6 heteroatoms. The summed E-state index contributed by atoms with van der Waals surface area (Å²) >= 11 is 0. The van der Waals surface area contributed by atoms with Gasteiger partial charge in [-0.15, -0.1) is 0 Å². The van der Waals surface area contributed by atoms with Crippen LogP contribution in [0.4, 0.5) is 5.69 Å². The van der Waals surface area contributed by atoms with Gasteiger partial charge in [-0.3, -0.25) is 4.79 Å². The Balaban J connectivity index is 2.01. The molecular formula is C24H29NO5. The lowest BCUT2D eigenvalue weighted by atomic mass is 10.1. The Morgan fingerprint density at radius 3 is 2.47 bits per heavy atom. The third kappa shape index (κ3) is 7.28. The SMILES string of the molecule is CCCCOC(=O)c1cccc(NC(=O)/C=C/c2ccc(OCC)c(OCC)c2)c1. The van der Waals surface area contributed by atoms with Crippen LogP contribution in [0.25, 0.3) is 6.08 Å². The molecule has 0 aromatic heterocycles. The molecule has 1 N–H and O–H groups in total. The smallest absolute Gasteiger partial charge is 0.338 e. The van der Waals surface area contributed by atoms with Crippen LogP contribution in [0.3, 0.4) is 0 Å². The van der Waals surface area contributed by atoms with E-state index >= 15 is 0 Å². The highest BCUT2D eigenvalue weighted by molar-refractivity contribution is 6.02. The Bertz CT molecular complexity index is 876. The van der Waals surface area contributed by atoms with Crippen molar-refractivity contribution < 1.29 is 23.8 Å². The van der Waals surface area contributed by atoms with E-state index in [-0.39, 0.29) is 5.91 Å². The monoisotopic (exact) mass is 411 g/mol. The molecule has 0 fully saturated rings. The van der Waals surface area contributed by atoms with Crippen LogP contribution in [-0.4, -0.2) is 31.7 Å². The normalized spacial score (nSPS) is 10.6. The molecule has 2 aromatic carbocycles. The highest BCUT2D eigenvalue weighted by atomic mass is 16.5. The van der Waals surface area contributed by atoms with Crippen LogP contribution in [0.15, 0.2) is 48.5 Å². The number of unbranched alkanes of at least 4 members (excludes halogenated alkanes) is 1. The van der Waals surface area contributed by atoms with Gasteiger partial charge in [-0.1, -0.05) is 25.5 Å². The van der Waals surface area contributed by atoms with Gasteiger partial charge in [0.25, 0.3) is 0 Å². The second-order valence-electron chi connectivity index (χ2n) is 6.47. The van der Waals surface area contributed by atoms with Gasteiger partial charge in [0.05, 0.1) is 25.4 Å². The predicted molar refractivity (Wildman–Crippen MR) is 118 cm³/mol. The van der Waals surface area contributed by atoms with Crippen LogP contribution in [0.1, 0.15) is 49.5 Å². The summed E-state index contributed by atoms with van der Waals surface area (Å²) in [6.45, 7) is 7.30. The van der Waals surface area contributed by atoms with E-state index in [1.54, 1.807) is 30.3 Å². The summed E-state index contributed by atoms with van der Waals surface area (Å²) in [5.74, 6) is 0.603. The molecule has 6 nitrogen and oxygen atoms in total. The Labute approximate surface area is 177 Å². The van der Waals surface area contributed by atoms with E-state index in [1.807, 2.05) is 39.0 Å². The Morgan fingerprint density at radius 2 is 1.73 bits per heavy atom. The van der Waals surface area contributed by atoms with E-state index in [2.05, 4.69) is 5.32 Å². The molecule has 0 spiro atoms.